The summed E-state index contributed by atoms with van der Waals surface area (Å²) in [4.78, 5) is 11.6. The van der Waals surface area contributed by atoms with E-state index in [0.717, 1.165) is 19.3 Å². The van der Waals surface area contributed by atoms with Gasteiger partial charge in [-0.1, -0.05) is 13.3 Å². The van der Waals surface area contributed by atoms with E-state index in [4.69, 9.17) is 4.74 Å². The van der Waals surface area contributed by atoms with Gasteiger partial charge >= 0.3 is 0 Å². The lowest BCUT2D eigenvalue weighted by molar-refractivity contribution is -0.125. The number of rotatable bonds is 5. The average Bonchev–Trinajstić information content (AvgIpc) is 2.62. The third-order valence-electron chi connectivity index (χ3n) is 2.70. The summed E-state index contributed by atoms with van der Waals surface area (Å²) in [6.07, 6.45) is 2.22. The van der Waals surface area contributed by atoms with Crippen LogP contribution in [0.25, 0.3) is 0 Å². The normalized spacial score (nSPS) is 27.7. The molecule has 88 valence electrons. The standard InChI is InChI=1S/C11H21NO3/c1-3-4-10(13)6-12-11(14)9-5-8(2)15-7-9/h8-10,13H,3-7H2,1-2H3,(H,12,14). The molecule has 3 atom stereocenters. The number of nitrogens with one attached hydrogen (secondary N) is 1. The number of aliphatic hydroxyl groups excluding tert-OH is 1. The maximum Gasteiger partial charge on any atom is 0.225 e. The molecule has 4 nitrogen and oxygen atoms in total. The Labute approximate surface area is 91.0 Å². The summed E-state index contributed by atoms with van der Waals surface area (Å²) in [5.74, 6) is -0.0247. The summed E-state index contributed by atoms with van der Waals surface area (Å²) in [5, 5.41) is 12.2. The van der Waals surface area contributed by atoms with Gasteiger partial charge in [0, 0.05) is 6.54 Å². The third-order valence-corrected chi connectivity index (χ3v) is 2.70. The van der Waals surface area contributed by atoms with Gasteiger partial charge in [0.1, 0.15) is 0 Å². The zero-order valence-electron chi connectivity index (χ0n) is 9.53. The van der Waals surface area contributed by atoms with Crippen LogP contribution < -0.4 is 5.32 Å². The summed E-state index contributed by atoms with van der Waals surface area (Å²) in [6.45, 7) is 4.85. The van der Waals surface area contributed by atoms with E-state index < -0.39 is 6.10 Å². The fraction of sp³-hybridized carbons (Fsp3) is 0.909. The Kier molecular flexibility index (Phi) is 5.05. The second-order valence-corrected chi connectivity index (χ2v) is 4.26. The van der Waals surface area contributed by atoms with Crippen molar-refractivity contribution in [3.05, 3.63) is 0 Å². The monoisotopic (exact) mass is 215 g/mol. The van der Waals surface area contributed by atoms with Crippen molar-refractivity contribution >= 4 is 5.91 Å². The van der Waals surface area contributed by atoms with Gasteiger partial charge in [-0.3, -0.25) is 4.79 Å². The van der Waals surface area contributed by atoms with E-state index in [1.54, 1.807) is 0 Å². The average molecular weight is 215 g/mol. The van der Waals surface area contributed by atoms with E-state index in [2.05, 4.69) is 5.32 Å². The van der Waals surface area contributed by atoms with Crippen LogP contribution in [0.1, 0.15) is 33.1 Å². The van der Waals surface area contributed by atoms with Crippen LogP contribution in [0.3, 0.4) is 0 Å². The van der Waals surface area contributed by atoms with Gasteiger partial charge in [0.05, 0.1) is 24.7 Å². The van der Waals surface area contributed by atoms with Gasteiger partial charge < -0.3 is 15.2 Å². The van der Waals surface area contributed by atoms with Gasteiger partial charge in [-0.25, -0.2) is 0 Å². The molecule has 0 aromatic heterocycles. The second-order valence-electron chi connectivity index (χ2n) is 4.26. The molecule has 15 heavy (non-hydrogen) atoms. The van der Waals surface area contributed by atoms with E-state index in [0.29, 0.717) is 13.2 Å². The molecular formula is C11H21NO3. The molecule has 1 heterocycles. The first-order valence-corrected chi connectivity index (χ1v) is 5.70. The third kappa shape index (κ3) is 4.18. The van der Waals surface area contributed by atoms with Crippen molar-refractivity contribution in [3.63, 3.8) is 0 Å². The minimum atomic E-state index is -0.418. The highest BCUT2D eigenvalue weighted by Crippen LogP contribution is 2.18. The number of carbonyl (C=O) groups is 1. The lowest BCUT2D eigenvalue weighted by Crippen LogP contribution is -2.36. The predicted molar refractivity (Wildman–Crippen MR) is 57.4 cm³/mol. The summed E-state index contributed by atoms with van der Waals surface area (Å²) < 4.78 is 5.32. The first-order chi connectivity index (χ1) is 7.13. The second kappa shape index (κ2) is 6.08. The highest BCUT2D eigenvalue weighted by Gasteiger charge is 2.28. The molecule has 0 aromatic carbocycles. The molecule has 1 aliphatic rings. The molecule has 0 spiro atoms. The Morgan fingerprint density at radius 2 is 2.40 bits per heavy atom. The minimum Gasteiger partial charge on any atom is -0.391 e. The molecular weight excluding hydrogens is 194 g/mol. The van der Waals surface area contributed by atoms with Gasteiger partial charge in [-0.05, 0) is 19.8 Å². The Morgan fingerprint density at radius 1 is 1.67 bits per heavy atom. The fourth-order valence-corrected chi connectivity index (χ4v) is 1.80. The first kappa shape index (κ1) is 12.5. The van der Waals surface area contributed by atoms with Crippen molar-refractivity contribution in [1.29, 1.82) is 0 Å². The Morgan fingerprint density at radius 3 is 2.93 bits per heavy atom. The van der Waals surface area contributed by atoms with Gasteiger partial charge in [0.25, 0.3) is 0 Å². The molecule has 1 saturated heterocycles. The van der Waals surface area contributed by atoms with Crippen molar-refractivity contribution < 1.29 is 14.6 Å². The summed E-state index contributed by atoms with van der Waals surface area (Å²) >= 11 is 0. The topological polar surface area (TPSA) is 58.6 Å². The van der Waals surface area contributed by atoms with E-state index >= 15 is 0 Å². The summed E-state index contributed by atoms with van der Waals surface area (Å²) in [6, 6.07) is 0. The number of amides is 1. The summed E-state index contributed by atoms with van der Waals surface area (Å²) in [7, 11) is 0. The van der Waals surface area contributed by atoms with Gasteiger partial charge in [0.2, 0.25) is 5.91 Å². The molecule has 0 saturated carbocycles. The lowest BCUT2D eigenvalue weighted by Gasteiger charge is -2.13. The van der Waals surface area contributed by atoms with Gasteiger partial charge in [-0.2, -0.15) is 0 Å². The molecule has 4 heteroatoms. The van der Waals surface area contributed by atoms with Crippen LogP contribution in [0.4, 0.5) is 0 Å². The number of ether oxygens (including phenoxy) is 1. The number of carbonyl (C=O) groups excluding carboxylic acids is 1. The molecule has 1 amide bonds. The van der Waals surface area contributed by atoms with Crippen molar-refractivity contribution in [2.75, 3.05) is 13.2 Å². The zero-order chi connectivity index (χ0) is 11.3. The Hall–Kier alpha value is -0.610. The molecule has 2 N–H and O–H groups in total. The van der Waals surface area contributed by atoms with E-state index in [9.17, 15) is 9.90 Å². The van der Waals surface area contributed by atoms with Crippen LogP contribution in [0.15, 0.2) is 0 Å². The first-order valence-electron chi connectivity index (χ1n) is 5.70. The van der Waals surface area contributed by atoms with Crippen LogP contribution >= 0.6 is 0 Å². The van der Waals surface area contributed by atoms with Crippen LogP contribution in [0, 0.1) is 5.92 Å². The van der Waals surface area contributed by atoms with Crippen LogP contribution in [-0.4, -0.2) is 36.4 Å². The molecule has 0 aromatic rings. The van der Waals surface area contributed by atoms with Crippen LogP contribution in [-0.2, 0) is 9.53 Å². The molecule has 1 rings (SSSR count). The zero-order valence-corrected chi connectivity index (χ0v) is 9.53. The van der Waals surface area contributed by atoms with E-state index in [1.807, 2.05) is 13.8 Å². The van der Waals surface area contributed by atoms with Crippen LogP contribution in [0.5, 0.6) is 0 Å². The summed E-state index contributed by atoms with van der Waals surface area (Å²) in [5.41, 5.74) is 0. The number of hydrogen-bond donors (Lipinski definition) is 2. The van der Waals surface area contributed by atoms with Gasteiger partial charge in [-0.15, -0.1) is 0 Å². The molecule has 0 aliphatic carbocycles. The van der Waals surface area contributed by atoms with Crippen molar-refractivity contribution in [1.82, 2.24) is 5.32 Å². The number of aliphatic hydroxyl groups is 1. The van der Waals surface area contributed by atoms with Crippen molar-refractivity contribution in [2.45, 2.75) is 45.3 Å². The Bertz CT molecular complexity index is 208. The quantitative estimate of drug-likeness (QED) is 0.709. The molecule has 0 bridgehead atoms. The molecule has 1 aliphatic heterocycles. The molecule has 0 radical (unpaired) electrons. The Balaban J connectivity index is 2.18. The molecule has 3 unspecified atom stereocenters. The fourth-order valence-electron chi connectivity index (χ4n) is 1.80. The minimum absolute atomic E-state index is 0.00880. The number of hydrogen-bond acceptors (Lipinski definition) is 3. The van der Waals surface area contributed by atoms with E-state index in [-0.39, 0.29) is 17.9 Å². The smallest absolute Gasteiger partial charge is 0.225 e. The van der Waals surface area contributed by atoms with Crippen LogP contribution in [0.2, 0.25) is 0 Å². The van der Waals surface area contributed by atoms with Crippen molar-refractivity contribution in [2.24, 2.45) is 5.92 Å². The SMILES string of the molecule is CCCC(O)CNC(=O)C1COC(C)C1. The molecule has 1 fully saturated rings. The predicted octanol–water partition coefficient (Wildman–Crippen LogP) is 0.689. The maximum atomic E-state index is 11.6. The van der Waals surface area contributed by atoms with Gasteiger partial charge in [0.15, 0.2) is 0 Å². The van der Waals surface area contributed by atoms with Crippen molar-refractivity contribution in [3.8, 4) is 0 Å². The highest BCUT2D eigenvalue weighted by molar-refractivity contribution is 5.79. The maximum absolute atomic E-state index is 11.6. The van der Waals surface area contributed by atoms with E-state index in [1.165, 1.54) is 0 Å². The largest absolute Gasteiger partial charge is 0.391 e. The highest BCUT2D eigenvalue weighted by atomic mass is 16.5. The lowest BCUT2D eigenvalue weighted by atomic mass is 10.1.